The van der Waals surface area contributed by atoms with Gasteiger partial charge in [-0.3, -0.25) is 14.6 Å². The first kappa shape index (κ1) is 22.5. The van der Waals surface area contributed by atoms with Crippen LogP contribution in [-0.4, -0.2) is 45.8 Å². The number of nitrogens with one attached hydrogen (secondary N) is 1. The highest BCUT2D eigenvalue weighted by Gasteiger charge is 2.20. The second-order valence-electron chi connectivity index (χ2n) is 7.93. The molecule has 0 aliphatic carbocycles. The van der Waals surface area contributed by atoms with Crippen LogP contribution in [0.1, 0.15) is 55.4 Å². The summed E-state index contributed by atoms with van der Waals surface area (Å²) in [5, 5.41) is 3.04. The van der Waals surface area contributed by atoms with Gasteiger partial charge in [-0.2, -0.15) is 0 Å². The average Bonchev–Trinajstić information content (AvgIpc) is 2.70. The maximum Gasteiger partial charge on any atom is 0.274 e. The fraction of sp³-hybridized carbons (Fsp3) is 0.478. The van der Waals surface area contributed by atoms with Gasteiger partial charge in [0.25, 0.3) is 5.91 Å². The molecule has 6 heteroatoms. The van der Waals surface area contributed by atoms with E-state index in [1.54, 1.807) is 11.1 Å². The van der Waals surface area contributed by atoms with Gasteiger partial charge in [-0.15, -0.1) is 0 Å². The van der Waals surface area contributed by atoms with Crippen LogP contribution in [0, 0.1) is 12.8 Å². The zero-order valence-corrected chi connectivity index (χ0v) is 17.9. The van der Waals surface area contributed by atoms with Gasteiger partial charge < -0.3 is 10.2 Å². The Bertz CT molecular complexity index is 775. The van der Waals surface area contributed by atoms with Crippen LogP contribution in [0.25, 0.3) is 0 Å². The first-order valence-electron chi connectivity index (χ1n) is 10.3. The summed E-state index contributed by atoms with van der Waals surface area (Å²) in [5.41, 5.74) is 2.34. The van der Waals surface area contributed by atoms with Crippen LogP contribution in [0.15, 0.2) is 42.7 Å². The molecule has 1 aromatic heterocycles. The highest BCUT2D eigenvalue weighted by molar-refractivity contribution is 5.92. The van der Waals surface area contributed by atoms with Gasteiger partial charge in [-0.25, -0.2) is 4.98 Å². The third-order valence-electron chi connectivity index (χ3n) is 4.60. The van der Waals surface area contributed by atoms with E-state index in [0.717, 1.165) is 18.5 Å². The van der Waals surface area contributed by atoms with Crippen LogP contribution in [-0.2, 0) is 11.2 Å². The van der Waals surface area contributed by atoms with Crippen molar-refractivity contribution in [2.75, 3.05) is 13.1 Å². The minimum Gasteiger partial charge on any atom is -0.354 e. The molecule has 2 rings (SSSR count). The average molecular weight is 397 g/mol. The summed E-state index contributed by atoms with van der Waals surface area (Å²) < 4.78 is 0. The molecule has 1 atom stereocenters. The third kappa shape index (κ3) is 8.02. The predicted molar refractivity (Wildman–Crippen MR) is 114 cm³/mol. The van der Waals surface area contributed by atoms with Gasteiger partial charge in [-0.05, 0) is 38.2 Å². The second kappa shape index (κ2) is 11.3. The topological polar surface area (TPSA) is 75.2 Å². The van der Waals surface area contributed by atoms with Crippen molar-refractivity contribution in [1.82, 2.24) is 20.2 Å². The van der Waals surface area contributed by atoms with Crippen LogP contribution in [0.4, 0.5) is 0 Å². The number of carbonyl (C=O) groups is 2. The third-order valence-corrected chi connectivity index (χ3v) is 4.60. The Labute approximate surface area is 173 Å². The van der Waals surface area contributed by atoms with Gasteiger partial charge >= 0.3 is 0 Å². The highest BCUT2D eigenvalue weighted by atomic mass is 16.2. The molecule has 1 aromatic carbocycles. The van der Waals surface area contributed by atoms with Crippen LogP contribution in [0.5, 0.6) is 0 Å². The molecule has 0 saturated heterocycles. The van der Waals surface area contributed by atoms with Crippen molar-refractivity contribution >= 4 is 11.8 Å². The van der Waals surface area contributed by atoms with E-state index in [9.17, 15) is 9.59 Å². The number of hydrogen-bond donors (Lipinski definition) is 1. The number of benzene rings is 1. The molecule has 0 fully saturated rings. The SMILES string of the molecule is Cc1cnc(C(=O)N(CCC(=O)NC(C)CCc2ccccc2)CC(C)C)cn1. The normalized spacial score (nSPS) is 11.9. The predicted octanol–water partition coefficient (Wildman–Crippen LogP) is 3.41. The summed E-state index contributed by atoms with van der Waals surface area (Å²) >= 11 is 0. The van der Waals surface area contributed by atoms with E-state index in [1.165, 1.54) is 11.8 Å². The van der Waals surface area contributed by atoms with Crippen molar-refractivity contribution in [1.29, 1.82) is 0 Å². The molecule has 6 nitrogen and oxygen atoms in total. The monoisotopic (exact) mass is 396 g/mol. The standard InChI is InChI=1S/C23H32N4O2/c1-17(2)16-27(23(29)21-15-24-19(4)14-25-21)13-12-22(28)26-18(3)10-11-20-8-6-5-7-9-20/h5-9,14-15,17-18H,10-13,16H2,1-4H3,(H,26,28). The number of nitrogens with zero attached hydrogens (tertiary/aromatic N) is 3. The zero-order valence-electron chi connectivity index (χ0n) is 17.9. The fourth-order valence-corrected chi connectivity index (χ4v) is 3.07. The van der Waals surface area contributed by atoms with Crippen LogP contribution in [0.2, 0.25) is 0 Å². The highest BCUT2D eigenvalue weighted by Crippen LogP contribution is 2.08. The lowest BCUT2D eigenvalue weighted by atomic mass is 10.1. The van der Waals surface area contributed by atoms with Crippen molar-refractivity contribution < 1.29 is 9.59 Å². The maximum atomic E-state index is 12.8. The summed E-state index contributed by atoms with van der Waals surface area (Å²) in [6.07, 6.45) is 5.15. The molecule has 2 aromatic rings. The number of aromatic nitrogens is 2. The van der Waals surface area contributed by atoms with E-state index in [0.29, 0.717) is 24.7 Å². The molecule has 1 unspecified atom stereocenters. The van der Waals surface area contributed by atoms with Gasteiger partial charge in [0.05, 0.1) is 11.9 Å². The first-order chi connectivity index (χ1) is 13.8. The van der Waals surface area contributed by atoms with Crippen LogP contribution in [0.3, 0.4) is 0 Å². The van der Waals surface area contributed by atoms with Crippen LogP contribution < -0.4 is 5.32 Å². The molecule has 156 valence electrons. The largest absolute Gasteiger partial charge is 0.354 e. The molecular formula is C23H32N4O2. The molecule has 1 heterocycles. The molecule has 2 amide bonds. The lowest BCUT2D eigenvalue weighted by molar-refractivity contribution is -0.121. The summed E-state index contributed by atoms with van der Waals surface area (Å²) in [6.45, 7) is 8.88. The van der Waals surface area contributed by atoms with E-state index in [1.807, 2.05) is 45.9 Å². The van der Waals surface area contributed by atoms with Crippen molar-refractivity contribution in [3.63, 3.8) is 0 Å². The summed E-state index contributed by atoms with van der Waals surface area (Å²) in [5.74, 6) is 0.0726. The van der Waals surface area contributed by atoms with Gasteiger partial charge in [0.2, 0.25) is 5.91 Å². The number of carbonyl (C=O) groups excluding carboxylic acids is 2. The van der Waals surface area contributed by atoms with Gasteiger partial charge in [0, 0.05) is 31.7 Å². The number of amides is 2. The maximum absolute atomic E-state index is 12.8. The second-order valence-corrected chi connectivity index (χ2v) is 7.93. The Morgan fingerprint density at radius 2 is 1.79 bits per heavy atom. The smallest absolute Gasteiger partial charge is 0.274 e. The summed E-state index contributed by atoms with van der Waals surface area (Å²) in [7, 11) is 0. The molecule has 29 heavy (non-hydrogen) atoms. The van der Waals surface area contributed by atoms with Gasteiger partial charge in [0.15, 0.2) is 0 Å². The van der Waals surface area contributed by atoms with E-state index in [4.69, 9.17) is 0 Å². The van der Waals surface area contributed by atoms with E-state index in [-0.39, 0.29) is 24.3 Å². The number of aryl methyl sites for hydroxylation is 2. The summed E-state index contributed by atoms with van der Waals surface area (Å²) in [4.78, 5) is 35.2. The fourth-order valence-electron chi connectivity index (χ4n) is 3.07. The Balaban J connectivity index is 1.84. The lowest BCUT2D eigenvalue weighted by Crippen LogP contribution is -2.39. The number of hydrogen-bond acceptors (Lipinski definition) is 4. The summed E-state index contributed by atoms with van der Waals surface area (Å²) in [6, 6.07) is 10.3. The van der Waals surface area contributed by atoms with Crippen molar-refractivity contribution in [3.05, 3.63) is 59.7 Å². The molecule has 0 aliphatic heterocycles. The molecular weight excluding hydrogens is 364 g/mol. The molecule has 0 radical (unpaired) electrons. The van der Waals surface area contributed by atoms with E-state index < -0.39 is 0 Å². The minimum absolute atomic E-state index is 0.0397. The lowest BCUT2D eigenvalue weighted by Gasteiger charge is -2.24. The Hall–Kier alpha value is -2.76. The van der Waals surface area contributed by atoms with Crippen LogP contribution >= 0.6 is 0 Å². The molecule has 0 aliphatic rings. The Kier molecular flexibility index (Phi) is 8.77. The van der Waals surface area contributed by atoms with E-state index in [2.05, 4.69) is 27.4 Å². The molecule has 0 saturated carbocycles. The van der Waals surface area contributed by atoms with Gasteiger partial charge in [-0.1, -0.05) is 44.2 Å². The van der Waals surface area contributed by atoms with Gasteiger partial charge in [0.1, 0.15) is 5.69 Å². The van der Waals surface area contributed by atoms with Crippen molar-refractivity contribution in [2.45, 2.75) is 53.0 Å². The molecule has 0 spiro atoms. The zero-order chi connectivity index (χ0) is 21.2. The molecule has 1 N–H and O–H groups in total. The quantitative estimate of drug-likeness (QED) is 0.668. The van der Waals surface area contributed by atoms with Crippen molar-refractivity contribution in [2.24, 2.45) is 5.92 Å². The van der Waals surface area contributed by atoms with E-state index >= 15 is 0 Å². The first-order valence-corrected chi connectivity index (χ1v) is 10.3. The molecule has 0 bridgehead atoms. The number of rotatable bonds is 10. The Morgan fingerprint density at radius 3 is 2.41 bits per heavy atom. The Morgan fingerprint density at radius 1 is 1.07 bits per heavy atom. The van der Waals surface area contributed by atoms with Crippen molar-refractivity contribution in [3.8, 4) is 0 Å². The minimum atomic E-state index is -0.184.